The molecule has 0 unspecified atom stereocenters. The molecule has 0 atom stereocenters. The number of carbonyl (C=O) groups is 1. The van der Waals surface area contributed by atoms with E-state index in [0.717, 1.165) is 11.8 Å². The molecular formula is C20H41ClN2O. The lowest BCUT2D eigenvalue weighted by Gasteiger charge is -2.72. The molecule has 24 heavy (non-hydrogen) atoms. The van der Waals surface area contributed by atoms with Gasteiger partial charge in [0.2, 0.25) is 5.91 Å². The maximum atomic E-state index is 10.8. The Balaban J connectivity index is 0.000000402. The van der Waals surface area contributed by atoms with E-state index in [1.54, 1.807) is 6.92 Å². The fourth-order valence-electron chi connectivity index (χ4n) is 5.55. The van der Waals surface area contributed by atoms with Crippen LogP contribution in [0.1, 0.15) is 88.0 Å². The van der Waals surface area contributed by atoms with E-state index < -0.39 is 0 Å². The third-order valence-corrected chi connectivity index (χ3v) is 7.07. The standard InChI is InChI=1S/C10H17NO.C8H15N.2CH4.ClH/c1-7(2)9-4-10(5-9,6-9)11-8(3)12;1-6(2)7-3-8(9,4-7)5-7;;;/h7H,4-6H2,1-3H3,(H,11,12);6H,3-5,9H2,1-2H3;2*1H4;1H. The number of amides is 1. The molecule has 6 aliphatic carbocycles. The van der Waals surface area contributed by atoms with Crippen LogP contribution >= 0.6 is 12.4 Å². The first-order valence-corrected chi connectivity index (χ1v) is 8.62. The third kappa shape index (κ3) is 3.35. The number of rotatable bonds is 3. The minimum absolute atomic E-state index is 0. The van der Waals surface area contributed by atoms with Gasteiger partial charge in [-0.15, -0.1) is 12.4 Å². The summed E-state index contributed by atoms with van der Waals surface area (Å²) in [6, 6.07) is 0. The topological polar surface area (TPSA) is 55.1 Å². The van der Waals surface area contributed by atoms with E-state index in [9.17, 15) is 4.79 Å². The summed E-state index contributed by atoms with van der Waals surface area (Å²) in [5, 5.41) is 3.06. The largest absolute Gasteiger partial charge is 0.351 e. The van der Waals surface area contributed by atoms with Crippen LogP contribution in [0, 0.1) is 22.7 Å². The minimum atomic E-state index is 0. The van der Waals surface area contributed by atoms with Crippen molar-refractivity contribution in [1.29, 1.82) is 0 Å². The molecule has 0 aromatic carbocycles. The highest BCUT2D eigenvalue weighted by Crippen LogP contribution is 2.70. The second-order valence-electron chi connectivity index (χ2n) is 9.42. The van der Waals surface area contributed by atoms with Gasteiger partial charge >= 0.3 is 0 Å². The Bertz CT molecular complexity index is 433. The Hall–Kier alpha value is -0.280. The summed E-state index contributed by atoms with van der Waals surface area (Å²) in [6.45, 7) is 10.8. The van der Waals surface area contributed by atoms with Crippen LogP contribution in [0.4, 0.5) is 0 Å². The minimum Gasteiger partial charge on any atom is -0.351 e. The van der Waals surface area contributed by atoms with E-state index in [0.29, 0.717) is 16.4 Å². The fraction of sp³-hybridized carbons (Fsp3) is 0.950. The quantitative estimate of drug-likeness (QED) is 0.750. The number of hydrogen-bond acceptors (Lipinski definition) is 2. The van der Waals surface area contributed by atoms with E-state index in [1.165, 1.54) is 38.5 Å². The van der Waals surface area contributed by atoms with Crippen LogP contribution in [-0.2, 0) is 4.79 Å². The van der Waals surface area contributed by atoms with E-state index in [-0.39, 0.29) is 38.7 Å². The third-order valence-electron chi connectivity index (χ3n) is 7.07. The van der Waals surface area contributed by atoms with Crippen LogP contribution in [-0.4, -0.2) is 17.0 Å². The summed E-state index contributed by atoms with van der Waals surface area (Å²) in [7, 11) is 0. The van der Waals surface area contributed by atoms with Crippen molar-refractivity contribution in [3.05, 3.63) is 0 Å². The molecule has 144 valence electrons. The fourth-order valence-corrected chi connectivity index (χ4v) is 5.55. The first kappa shape index (κ1) is 23.7. The Morgan fingerprint density at radius 1 is 0.875 bits per heavy atom. The molecule has 3 N–H and O–H groups in total. The highest BCUT2D eigenvalue weighted by atomic mass is 35.5. The predicted molar refractivity (Wildman–Crippen MR) is 106 cm³/mol. The Kier molecular flexibility index (Phi) is 6.71. The lowest BCUT2D eigenvalue weighted by atomic mass is 9.36. The Morgan fingerprint density at radius 3 is 1.42 bits per heavy atom. The van der Waals surface area contributed by atoms with Crippen molar-refractivity contribution in [3.8, 4) is 0 Å². The molecule has 0 radical (unpaired) electrons. The van der Waals surface area contributed by atoms with Crippen LogP contribution in [0.3, 0.4) is 0 Å². The van der Waals surface area contributed by atoms with Gasteiger partial charge in [-0.3, -0.25) is 4.79 Å². The second kappa shape index (κ2) is 6.79. The van der Waals surface area contributed by atoms with Gasteiger partial charge in [0.05, 0.1) is 0 Å². The van der Waals surface area contributed by atoms with E-state index in [4.69, 9.17) is 5.73 Å². The summed E-state index contributed by atoms with van der Waals surface area (Å²) in [4.78, 5) is 10.8. The van der Waals surface area contributed by atoms with Crippen molar-refractivity contribution in [2.24, 2.45) is 28.4 Å². The van der Waals surface area contributed by atoms with E-state index in [2.05, 4.69) is 33.0 Å². The summed E-state index contributed by atoms with van der Waals surface area (Å²) >= 11 is 0. The molecule has 0 aromatic rings. The molecule has 0 saturated heterocycles. The van der Waals surface area contributed by atoms with Gasteiger partial charge in [-0.05, 0) is 61.2 Å². The normalized spacial score (nSPS) is 42.2. The van der Waals surface area contributed by atoms with Crippen molar-refractivity contribution in [3.63, 3.8) is 0 Å². The van der Waals surface area contributed by atoms with Crippen LogP contribution in [0.15, 0.2) is 0 Å². The van der Waals surface area contributed by atoms with Crippen LogP contribution < -0.4 is 11.1 Å². The van der Waals surface area contributed by atoms with Crippen molar-refractivity contribution in [2.45, 2.75) is 99.1 Å². The average Bonchev–Trinajstić information content (AvgIpc) is 2.15. The number of nitrogens with two attached hydrogens (primary N) is 1. The zero-order chi connectivity index (χ0) is 15.7. The second-order valence-corrected chi connectivity index (χ2v) is 9.42. The van der Waals surface area contributed by atoms with Gasteiger partial charge in [-0.2, -0.15) is 0 Å². The number of halogens is 1. The highest BCUT2D eigenvalue weighted by molar-refractivity contribution is 5.85. The molecule has 1 amide bonds. The van der Waals surface area contributed by atoms with Crippen molar-refractivity contribution >= 4 is 18.3 Å². The molecule has 0 heterocycles. The molecule has 6 saturated carbocycles. The molecule has 4 bridgehead atoms. The van der Waals surface area contributed by atoms with Gasteiger partial charge in [-0.25, -0.2) is 0 Å². The average molecular weight is 361 g/mol. The summed E-state index contributed by atoms with van der Waals surface area (Å²) < 4.78 is 0. The molecule has 6 fully saturated rings. The predicted octanol–water partition coefficient (Wildman–Crippen LogP) is 4.92. The molecule has 0 aromatic heterocycles. The smallest absolute Gasteiger partial charge is 0.217 e. The van der Waals surface area contributed by atoms with Crippen LogP contribution in [0.5, 0.6) is 0 Å². The number of carbonyl (C=O) groups excluding carboxylic acids is 1. The molecule has 4 heteroatoms. The maximum absolute atomic E-state index is 10.8. The number of nitrogens with one attached hydrogen (secondary N) is 1. The molecule has 6 aliphatic rings. The van der Waals surface area contributed by atoms with Gasteiger partial charge < -0.3 is 11.1 Å². The van der Waals surface area contributed by atoms with Gasteiger partial charge in [0.25, 0.3) is 0 Å². The summed E-state index contributed by atoms with van der Waals surface area (Å²) in [6.07, 6.45) is 7.57. The maximum Gasteiger partial charge on any atom is 0.217 e. The molecule has 0 spiro atoms. The van der Waals surface area contributed by atoms with Crippen LogP contribution in [0.2, 0.25) is 0 Å². The SMILES string of the molecule is C.C.CC(=O)NC12CC(C(C)C)(C1)C2.CC(C)C12CC(N)(C1)C2.Cl. The van der Waals surface area contributed by atoms with Crippen molar-refractivity contribution in [2.75, 3.05) is 0 Å². The first-order chi connectivity index (χ1) is 9.55. The number of hydrogen-bond donors (Lipinski definition) is 2. The molecular weight excluding hydrogens is 320 g/mol. The molecule has 3 nitrogen and oxygen atoms in total. The summed E-state index contributed by atoms with van der Waals surface area (Å²) in [5.41, 5.74) is 7.76. The van der Waals surface area contributed by atoms with Crippen molar-refractivity contribution < 1.29 is 4.79 Å². The van der Waals surface area contributed by atoms with Gasteiger partial charge in [0.1, 0.15) is 0 Å². The van der Waals surface area contributed by atoms with Gasteiger partial charge in [-0.1, -0.05) is 42.5 Å². The zero-order valence-electron chi connectivity index (χ0n) is 14.8. The zero-order valence-corrected chi connectivity index (χ0v) is 15.6. The van der Waals surface area contributed by atoms with E-state index in [1.807, 2.05) is 0 Å². The van der Waals surface area contributed by atoms with Crippen molar-refractivity contribution in [1.82, 2.24) is 5.32 Å². The highest BCUT2D eigenvalue weighted by Gasteiger charge is 2.69. The van der Waals surface area contributed by atoms with Gasteiger partial charge in [0, 0.05) is 18.0 Å². The molecule has 6 rings (SSSR count). The Morgan fingerprint density at radius 2 is 1.21 bits per heavy atom. The Labute approximate surface area is 156 Å². The van der Waals surface area contributed by atoms with Gasteiger partial charge in [0.15, 0.2) is 0 Å². The summed E-state index contributed by atoms with van der Waals surface area (Å²) in [5.74, 6) is 1.78. The lowest BCUT2D eigenvalue weighted by molar-refractivity contribution is -0.186. The molecule has 0 aliphatic heterocycles. The lowest BCUT2D eigenvalue weighted by Crippen LogP contribution is -2.75. The van der Waals surface area contributed by atoms with Crippen LogP contribution in [0.25, 0.3) is 0 Å². The van der Waals surface area contributed by atoms with E-state index >= 15 is 0 Å². The monoisotopic (exact) mass is 360 g/mol. The first-order valence-electron chi connectivity index (χ1n) is 8.62.